The van der Waals surface area contributed by atoms with E-state index in [0.29, 0.717) is 27.9 Å². The van der Waals surface area contributed by atoms with Crippen molar-refractivity contribution in [3.63, 3.8) is 0 Å². The van der Waals surface area contributed by atoms with Crippen LogP contribution in [0.3, 0.4) is 0 Å². The Bertz CT molecular complexity index is 1200. The van der Waals surface area contributed by atoms with E-state index >= 15 is 0 Å². The zero-order valence-corrected chi connectivity index (χ0v) is 14.7. The molecule has 0 bridgehead atoms. The van der Waals surface area contributed by atoms with Gasteiger partial charge in [-0.1, -0.05) is 18.2 Å². The Balaban J connectivity index is 1.73. The number of amides is 1. The van der Waals surface area contributed by atoms with Gasteiger partial charge in [0.2, 0.25) is 0 Å². The minimum Gasteiger partial charge on any atom is -0.460 e. The minimum absolute atomic E-state index is 0.150. The number of rotatable bonds is 4. The number of benzene rings is 1. The molecule has 0 saturated heterocycles. The number of nitrogens with one attached hydrogen (secondary N) is 1. The molecule has 1 N–H and O–H groups in total. The number of aromatic nitrogens is 2. The molecular weight excluding hydrogens is 360 g/mol. The number of hydrogen-bond donors (Lipinski definition) is 1. The summed E-state index contributed by atoms with van der Waals surface area (Å²) in [6.07, 6.45) is 1.09. The molecular formula is C20H14N4O4. The first-order chi connectivity index (χ1) is 13.5. The van der Waals surface area contributed by atoms with Gasteiger partial charge in [0, 0.05) is 11.5 Å². The summed E-state index contributed by atoms with van der Waals surface area (Å²) in [5.41, 5.74) is 1.43. The Kier molecular flexibility index (Phi) is 4.29. The maximum Gasteiger partial charge on any atom is 0.287 e. The third-order valence-corrected chi connectivity index (χ3v) is 4.15. The second-order valence-electron chi connectivity index (χ2n) is 6.10. The fraction of sp³-hybridized carbons (Fsp3) is 0.0500. The van der Waals surface area contributed by atoms with Crippen LogP contribution in [0.15, 0.2) is 65.2 Å². The molecule has 0 aliphatic rings. The van der Waals surface area contributed by atoms with Crippen LogP contribution in [0.4, 0.5) is 11.5 Å². The van der Waals surface area contributed by atoms with Gasteiger partial charge in [-0.25, -0.2) is 9.97 Å². The van der Waals surface area contributed by atoms with Crippen LogP contribution >= 0.6 is 0 Å². The first-order valence-electron chi connectivity index (χ1n) is 8.39. The first kappa shape index (κ1) is 17.3. The molecule has 3 aromatic heterocycles. The van der Waals surface area contributed by atoms with E-state index in [1.807, 2.05) is 31.2 Å². The van der Waals surface area contributed by atoms with Gasteiger partial charge in [-0.15, -0.1) is 0 Å². The molecule has 3 heterocycles. The molecule has 138 valence electrons. The van der Waals surface area contributed by atoms with Crippen molar-refractivity contribution in [2.75, 3.05) is 5.32 Å². The smallest absolute Gasteiger partial charge is 0.287 e. The van der Waals surface area contributed by atoms with Crippen molar-refractivity contribution in [3.05, 3.63) is 82.2 Å². The van der Waals surface area contributed by atoms with E-state index in [0.717, 1.165) is 12.0 Å². The van der Waals surface area contributed by atoms with Crippen molar-refractivity contribution in [3.8, 4) is 11.5 Å². The molecule has 0 aliphatic heterocycles. The predicted molar refractivity (Wildman–Crippen MR) is 103 cm³/mol. The van der Waals surface area contributed by atoms with Crippen LogP contribution in [-0.4, -0.2) is 20.8 Å². The van der Waals surface area contributed by atoms with E-state index in [-0.39, 0.29) is 11.5 Å². The summed E-state index contributed by atoms with van der Waals surface area (Å²) in [7, 11) is 0. The number of carbonyl (C=O) groups is 1. The highest BCUT2D eigenvalue weighted by atomic mass is 16.6. The lowest BCUT2D eigenvalue weighted by molar-refractivity contribution is -0.385. The molecule has 0 spiro atoms. The average molecular weight is 374 g/mol. The Hall–Kier alpha value is -4.07. The van der Waals surface area contributed by atoms with Crippen molar-refractivity contribution in [1.29, 1.82) is 0 Å². The van der Waals surface area contributed by atoms with Gasteiger partial charge >= 0.3 is 0 Å². The Morgan fingerprint density at radius 3 is 2.64 bits per heavy atom. The van der Waals surface area contributed by atoms with E-state index in [4.69, 9.17) is 4.42 Å². The highest BCUT2D eigenvalue weighted by Gasteiger charge is 2.16. The Labute approximate surface area is 159 Å². The highest BCUT2D eigenvalue weighted by molar-refractivity contribution is 6.12. The van der Waals surface area contributed by atoms with Gasteiger partial charge in [0.25, 0.3) is 11.6 Å². The normalized spacial score (nSPS) is 10.8. The van der Waals surface area contributed by atoms with Crippen molar-refractivity contribution in [1.82, 2.24) is 9.97 Å². The number of carbonyl (C=O) groups excluding carboxylic acids is 1. The number of pyridine rings is 2. The summed E-state index contributed by atoms with van der Waals surface area (Å²) >= 11 is 0. The molecule has 0 saturated carbocycles. The molecule has 4 rings (SSSR count). The summed E-state index contributed by atoms with van der Waals surface area (Å²) in [6, 6.07) is 15.2. The predicted octanol–water partition coefficient (Wildman–Crippen LogP) is 4.36. The SMILES string of the molecule is Cc1ccc(-c2cc(C(=O)Nc3ccc([N+](=O)[O-])cn3)c3ccccc3n2)o1. The number of aryl methyl sites for hydroxylation is 1. The second kappa shape index (κ2) is 6.92. The number of fused-ring (bicyclic) bond motifs is 1. The summed E-state index contributed by atoms with van der Waals surface area (Å²) in [5.74, 6) is 1.12. The van der Waals surface area contributed by atoms with E-state index < -0.39 is 10.8 Å². The van der Waals surface area contributed by atoms with Crippen molar-refractivity contribution in [2.45, 2.75) is 6.92 Å². The van der Waals surface area contributed by atoms with Crippen molar-refractivity contribution < 1.29 is 14.1 Å². The van der Waals surface area contributed by atoms with Gasteiger partial charge in [-0.3, -0.25) is 14.9 Å². The Morgan fingerprint density at radius 1 is 1.14 bits per heavy atom. The van der Waals surface area contributed by atoms with Crippen molar-refractivity contribution in [2.24, 2.45) is 0 Å². The van der Waals surface area contributed by atoms with Gasteiger partial charge in [-0.2, -0.15) is 0 Å². The molecule has 28 heavy (non-hydrogen) atoms. The number of nitro groups is 1. The van der Waals surface area contributed by atoms with Gasteiger partial charge in [0.1, 0.15) is 23.5 Å². The molecule has 4 aromatic rings. The summed E-state index contributed by atoms with van der Waals surface area (Å²) < 4.78 is 5.64. The fourth-order valence-corrected chi connectivity index (χ4v) is 2.81. The lowest BCUT2D eigenvalue weighted by Gasteiger charge is -2.09. The monoisotopic (exact) mass is 374 g/mol. The van der Waals surface area contributed by atoms with E-state index in [1.165, 1.54) is 12.1 Å². The average Bonchev–Trinajstić information content (AvgIpc) is 3.14. The van der Waals surface area contributed by atoms with Crippen LogP contribution in [0.5, 0.6) is 0 Å². The molecule has 0 fully saturated rings. The van der Waals surface area contributed by atoms with Gasteiger partial charge in [-0.05, 0) is 37.3 Å². The lowest BCUT2D eigenvalue weighted by atomic mass is 10.1. The zero-order valence-electron chi connectivity index (χ0n) is 14.7. The number of nitrogens with zero attached hydrogens (tertiary/aromatic N) is 3. The summed E-state index contributed by atoms with van der Waals surface area (Å²) in [5, 5.41) is 14.1. The molecule has 0 unspecified atom stereocenters. The van der Waals surface area contributed by atoms with Gasteiger partial charge < -0.3 is 9.73 Å². The number of anilines is 1. The van der Waals surface area contributed by atoms with Crippen LogP contribution in [0.25, 0.3) is 22.4 Å². The molecule has 1 aromatic carbocycles. The van der Waals surface area contributed by atoms with Gasteiger partial charge in [0.05, 0.1) is 16.0 Å². The number of para-hydroxylation sites is 1. The number of furan rings is 1. The summed E-state index contributed by atoms with van der Waals surface area (Å²) in [4.78, 5) is 31.6. The van der Waals surface area contributed by atoms with Gasteiger partial charge in [0.15, 0.2) is 5.76 Å². The zero-order chi connectivity index (χ0) is 19.7. The molecule has 0 atom stereocenters. The van der Waals surface area contributed by atoms with Crippen LogP contribution in [0.2, 0.25) is 0 Å². The lowest BCUT2D eigenvalue weighted by Crippen LogP contribution is -2.14. The van der Waals surface area contributed by atoms with Crippen LogP contribution in [0, 0.1) is 17.0 Å². The highest BCUT2D eigenvalue weighted by Crippen LogP contribution is 2.27. The van der Waals surface area contributed by atoms with E-state index in [1.54, 1.807) is 18.2 Å². The van der Waals surface area contributed by atoms with Crippen LogP contribution in [0.1, 0.15) is 16.1 Å². The second-order valence-corrected chi connectivity index (χ2v) is 6.10. The largest absolute Gasteiger partial charge is 0.460 e. The van der Waals surface area contributed by atoms with Crippen LogP contribution < -0.4 is 5.32 Å². The molecule has 0 aliphatic carbocycles. The maximum atomic E-state index is 12.9. The van der Waals surface area contributed by atoms with Crippen molar-refractivity contribution >= 4 is 28.3 Å². The minimum atomic E-state index is -0.549. The fourth-order valence-electron chi connectivity index (χ4n) is 2.81. The molecule has 0 radical (unpaired) electrons. The maximum absolute atomic E-state index is 12.9. The molecule has 1 amide bonds. The Morgan fingerprint density at radius 2 is 1.96 bits per heavy atom. The molecule has 8 nitrogen and oxygen atoms in total. The standard InChI is InChI=1S/C20H14N4O4/c1-12-6-8-18(28-12)17-10-15(14-4-2-3-5-16(14)22-17)20(25)23-19-9-7-13(11-21-19)24(26)27/h2-11H,1H3,(H,21,23,25). The quantitative estimate of drug-likeness (QED) is 0.420. The topological polar surface area (TPSA) is 111 Å². The third kappa shape index (κ3) is 3.30. The first-order valence-corrected chi connectivity index (χ1v) is 8.39. The van der Waals surface area contributed by atoms with Crippen LogP contribution in [-0.2, 0) is 0 Å². The molecule has 8 heteroatoms. The van der Waals surface area contributed by atoms with E-state index in [9.17, 15) is 14.9 Å². The van der Waals surface area contributed by atoms with E-state index in [2.05, 4.69) is 15.3 Å². The third-order valence-electron chi connectivity index (χ3n) is 4.15. The summed E-state index contributed by atoms with van der Waals surface area (Å²) in [6.45, 7) is 1.83. The number of hydrogen-bond acceptors (Lipinski definition) is 6.